The summed E-state index contributed by atoms with van der Waals surface area (Å²) in [5.41, 5.74) is 0. The fourth-order valence-corrected chi connectivity index (χ4v) is 2.02. The molecule has 0 aliphatic heterocycles. The summed E-state index contributed by atoms with van der Waals surface area (Å²) in [5, 5.41) is 3.78. The Bertz CT molecular complexity index is 141. The average molecular weight is 254 g/mol. The average Bonchev–Trinajstić information content (AvgIpc) is 2.00. The van der Waals surface area contributed by atoms with E-state index in [2.05, 4.69) is 35.1 Å². The molecule has 0 fully saturated rings. The Hall–Kier alpha value is 0.300. The van der Waals surface area contributed by atoms with E-state index in [1.54, 1.807) is 11.8 Å². The Morgan fingerprint density at radius 1 is 1.58 bits per heavy atom. The van der Waals surface area contributed by atoms with Crippen molar-refractivity contribution in [2.45, 2.75) is 19.9 Å². The Labute approximate surface area is 87.0 Å². The van der Waals surface area contributed by atoms with Gasteiger partial charge in [0.1, 0.15) is 0 Å². The van der Waals surface area contributed by atoms with Crippen LogP contribution in [0.3, 0.4) is 0 Å². The third-order valence-corrected chi connectivity index (χ3v) is 2.84. The fourth-order valence-electron chi connectivity index (χ4n) is 0.763. The van der Waals surface area contributed by atoms with Crippen LogP contribution in [-0.2, 0) is 4.79 Å². The number of carbonyl (C=O) groups excluding carboxylic acids is 1. The van der Waals surface area contributed by atoms with Gasteiger partial charge in [-0.1, -0.05) is 29.8 Å². The van der Waals surface area contributed by atoms with Crippen molar-refractivity contribution in [3.8, 4) is 0 Å². The molecule has 0 aromatic carbocycles. The maximum atomic E-state index is 11.2. The summed E-state index contributed by atoms with van der Waals surface area (Å²) in [7, 11) is 0. The van der Waals surface area contributed by atoms with Crippen LogP contribution in [0.15, 0.2) is 0 Å². The highest BCUT2D eigenvalue weighted by Gasteiger charge is 2.13. The van der Waals surface area contributed by atoms with Crippen LogP contribution in [0.2, 0.25) is 0 Å². The van der Waals surface area contributed by atoms with E-state index in [-0.39, 0.29) is 11.9 Å². The molecule has 0 aromatic rings. The first kappa shape index (κ1) is 12.3. The molecule has 0 aliphatic carbocycles. The van der Waals surface area contributed by atoms with E-state index in [9.17, 15) is 4.79 Å². The van der Waals surface area contributed by atoms with Crippen molar-refractivity contribution in [1.29, 1.82) is 0 Å². The van der Waals surface area contributed by atoms with Crippen LogP contribution in [0.1, 0.15) is 13.8 Å². The van der Waals surface area contributed by atoms with Gasteiger partial charge in [0.2, 0.25) is 5.91 Å². The van der Waals surface area contributed by atoms with Crippen molar-refractivity contribution in [3.63, 3.8) is 0 Å². The van der Waals surface area contributed by atoms with E-state index in [0.29, 0.717) is 11.7 Å². The first-order valence-electron chi connectivity index (χ1n) is 3.96. The number of thioether (sulfide) groups is 1. The highest BCUT2D eigenvalue weighted by Crippen LogP contribution is 2.05. The van der Waals surface area contributed by atoms with E-state index in [1.807, 2.05) is 6.26 Å². The predicted molar refractivity (Wildman–Crippen MR) is 58.9 cm³/mol. The van der Waals surface area contributed by atoms with Gasteiger partial charge in [-0.15, -0.1) is 0 Å². The lowest BCUT2D eigenvalue weighted by molar-refractivity contribution is -0.119. The smallest absolute Gasteiger partial charge is 0.230 e. The summed E-state index contributed by atoms with van der Waals surface area (Å²) in [6.07, 6.45) is 1.93. The number of carbonyl (C=O) groups is 1. The molecule has 0 rings (SSSR count). The highest BCUT2D eigenvalue weighted by molar-refractivity contribution is 9.09. The molecule has 0 aliphatic rings. The lowest BCUT2D eigenvalue weighted by Gasteiger charge is -2.19. The molecule has 0 saturated heterocycles. The molecule has 0 saturated carbocycles. The van der Waals surface area contributed by atoms with Crippen LogP contribution < -0.4 is 5.32 Å². The minimum absolute atomic E-state index is 0.126. The zero-order valence-corrected chi connectivity index (χ0v) is 10.2. The molecule has 72 valence electrons. The van der Waals surface area contributed by atoms with Crippen molar-refractivity contribution >= 4 is 33.6 Å². The zero-order valence-electron chi connectivity index (χ0n) is 7.76. The quantitative estimate of drug-likeness (QED) is 0.759. The van der Waals surface area contributed by atoms with Crippen LogP contribution in [0.25, 0.3) is 0 Å². The third kappa shape index (κ3) is 5.04. The summed E-state index contributed by atoms with van der Waals surface area (Å²) in [4.78, 5) is 11.2. The largest absolute Gasteiger partial charge is 0.352 e. The Morgan fingerprint density at radius 2 is 2.17 bits per heavy atom. The van der Waals surface area contributed by atoms with Crippen molar-refractivity contribution in [1.82, 2.24) is 5.32 Å². The first-order chi connectivity index (χ1) is 5.61. The molecule has 12 heavy (non-hydrogen) atoms. The molecule has 2 nitrogen and oxygen atoms in total. The van der Waals surface area contributed by atoms with Gasteiger partial charge < -0.3 is 5.32 Å². The van der Waals surface area contributed by atoms with Gasteiger partial charge in [-0.05, 0) is 12.2 Å². The molecule has 4 heteroatoms. The molecule has 0 aromatic heterocycles. The van der Waals surface area contributed by atoms with E-state index in [0.717, 1.165) is 5.33 Å². The molecule has 1 amide bonds. The van der Waals surface area contributed by atoms with Gasteiger partial charge in [-0.2, -0.15) is 11.8 Å². The van der Waals surface area contributed by atoms with Gasteiger partial charge in [0, 0.05) is 11.4 Å². The van der Waals surface area contributed by atoms with Crippen LogP contribution in [0, 0.1) is 5.92 Å². The Balaban J connectivity index is 3.77. The molecule has 0 heterocycles. The van der Waals surface area contributed by atoms with Gasteiger partial charge >= 0.3 is 0 Å². The second-order valence-corrected chi connectivity index (χ2v) is 4.52. The van der Waals surface area contributed by atoms with E-state index in [4.69, 9.17) is 0 Å². The first-order valence-corrected chi connectivity index (χ1v) is 6.47. The molecule has 1 unspecified atom stereocenters. The molecular formula is C8H16BrNOS. The predicted octanol–water partition coefficient (Wildman–Crippen LogP) is 1.89. The van der Waals surface area contributed by atoms with Crippen LogP contribution in [0.5, 0.6) is 0 Å². The van der Waals surface area contributed by atoms with Crippen molar-refractivity contribution in [3.05, 3.63) is 0 Å². The van der Waals surface area contributed by atoms with Gasteiger partial charge in [0.25, 0.3) is 0 Å². The van der Waals surface area contributed by atoms with Gasteiger partial charge in [0.15, 0.2) is 0 Å². The lowest BCUT2D eigenvalue weighted by atomic mass is 10.1. The van der Waals surface area contributed by atoms with E-state index >= 15 is 0 Å². The van der Waals surface area contributed by atoms with Crippen molar-refractivity contribution < 1.29 is 4.79 Å². The van der Waals surface area contributed by atoms with Crippen molar-refractivity contribution in [2.75, 3.05) is 17.3 Å². The van der Waals surface area contributed by atoms with Gasteiger partial charge in [-0.25, -0.2) is 0 Å². The fraction of sp³-hybridized carbons (Fsp3) is 0.875. The molecule has 0 bridgehead atoms. The van der Waals surface area contributed by atoms with Crippen LogP contribution >= 0.6 is 27.7 Å². The number of hydrogen-bond acceptors (Lipinski definition) is 2. The van der Waals surface area contributed by atoms with Crippen LogP contribution in [-0.4, -0.2) is 29.3 Å². The monoisotopic (exact) mass is 253 g/mol. The van der Waals surface area contributed by atoms with Crippen molar-refractivity contribution in [2.24, 2.45) is 5.92 Å². The van der Waals surface area contributed by atoms with Gasteiger partial charge in [0.05, 0.1) is 5.75 Å². The normalized spacial score (nSPS) is 13.1. The Kier molecular flexibility index (Phi) is 6.95. The highest BCUT2D eigenvalue weighted by atomic mass is 79.9. The maximum absolute atomic E-state index is 11.2. The standard InChI is InChI=1S/C8H16BrNOS/c1-6(2)7(4-9)10-8(11)5-12-3/h6-7H,4-5H2,1-3H3,(H,10,11). The molecule has 1 atom stereocenters. The van der Waals surface area contributed by atoms with E-state index < -0.39 is 0 Å². The summed E-state index contributed by atoms with van der Waals surface area (Å²) in [6, 6.07) is 0.254. The number of hydrogen-bond donors (Lipinski definition) is 1. The molecule has 1 N–H and O–H groups in total. The zero-order chi connectivity index (χ0) is 9.56. The topological polar surface area (TPSA) is 29.1 Å². The Morgan fingerprint density at radius 3 is 2.50 bits per heavy atom. The second-order valence-electron chi connectivity index (χ2n) is 3.01. The molecule has 0 radical (unpaired) electrons. The number of alkyl halides is 1. The number of halogens is 1. The second kappa shape index (κ2) is 6.78. The number of nitrogens with one attached hydrogen (secondary N) is 1. The maximum Gasteiger partial charge on any atom is 0.230 e. The summed E-state index contributed by atoms with van der Waals surface area (Å²) in [6.45, 7) is 4.20. The molecule has 0 spiro atoms. The van der Waals surface area contributed by atoms with Crippen LogP contribution in [0.4, 0.5) is 0 Å². The summed E-state index contributed by atoms with van der Waals surface area (Å²) < 4.78 is 0. The summed E-state index contributed by atoms with van der Waals surface area (Å²) >= 11 is 4.92. The molecular weight excluding hydrogens is 238 g/mol. The third-order valence-electron chi connectivity index (χ3n) is 1.59. The van der Waals surface area contributed by atoms with E-state index in [1.165, 1.54) is 0 Å². The SMILES string of the molecule is CSCC(=O)NC(CBr)C(C)C. The minimum atomic E-state index is 0.126. The minimum Gasteiger partial charge on any atom is -0.352 e. The summed E-state index contributed by atoms with van der Waals surface area (Å²) in [5.74, 6) is 1.16. The lowest BCUT2D eigenvalue weighted by Crippen LogP contribution is -2.40. The number of rotatable bonds is 5. The van der Waals surface area contributed by atoms with Gasteiger partial charge in [-0.3, -0.25) is 4.79 Å². The number of amides is 1.